The van der Waals surface area contributed by atoms with Crippen LogP contribution >= 0.6 is 0 Å². The van der Waals surface area contributed by atoms with E-state index in [-0.39, 0.29) is 10.7 Å². The number of carbonyl (C=O) groups is 1. The number of rotatable bonds is 5. The van der Waals surface area contributed by atoms with Crippen molar-refractivity contribution in [3.63, 3.8) is 0 Å². The summed E-state index contributed by atoms with van der Waals surface area (Å²) in [6.07, 6.45) is 1.94. The number of esters is 1. The van der Waals surface area contributed by atoms with Crippen LogP contribution in [-0.4, -0.2) is 20.1 Å². The second-order valence-corrected chi connectivity index (χ2v) is 9.54. The van der Waals surface area contributed by atoms with E-state index in [2.05, 4.69) is 9.93 Å². The first-order valence-electron chi connectivity index (χ1n) is 10.3. The molecule has 7 nitrogen and oxygen atoms in total. The maximum Gasteiger partial charge on any atom is 0.379 e. The molecular weight excluding hydrogens is 428 g/mol. The number of aryl methyl sites for hydroxylation is 3. The van der Waals surface area contributed by atoms with E-state index in [1.807, 2.05) is 26.0 Å². The summed E-state index contributed by atoms with van der Waals surface area (Å²) in [5, 5.41) is 4.19. The van der Waals surface area contributed by atoms with E-state index in [0.717, 1.165) is 17.5 Å². The molecule has 0 unspecified atom stereocenters. The Morgan fingerprint density at radius 3 is 2.25 bits per heavy atom. The molecule has 0 saturated heterocycles. The van der Waals surface area contributed by atoms with E-state index in [9.17, 15) is 13.2 Å². The summed E-state index contributed by atoms with van der Waals surface area (Å²) in [4.78, 5) is 15.2. The van der Waals surface area contributed by atoms with Crippen LogP contribution in [-0.2, 0) is 16.4 Å². The van der Waals surface area contributed by atoms with Gasteiger partial charge in [-0.25, -0.2) is 4.79 Å². The number of fused-ring (bicyclic) bond motifs is 1. The fraction of sp³-hybridized carbons (Fsp3) is 0.250. The minimum absolute atomic E-state index is 0.103. The number of benzene rings is 2. The number of hydrazone groups is 1. The smallest absolute Gasteiger partial charge is 0.379 e. The van der Waals surface area contributed by atoms with Crippen molar-refractivity contribution in [2.24, 2.45) is 5.10 Å². The lowest BCUT2D eigenvalue weighted by Crippen LogP contribution is -2.22. The van der Waals surface area contributed by atoms with Crippen LogP contribution in [0.4, 0.5) is 0 Å². The van der Waals surface area contributed by atoms with Crippen LogP contribution in [0.3, 0.4) is 0 Å². The van der Waals surface area contributed by atoms with Crippen molar-refractivity contribution in [3.05, 3.63) is 82.3 Å². The van der Waals surface area contributed by atoms with Crippen LogP contribution in [0.1, 0.15) is 51.4 Å². The van der Waals surface area contributed by atoms with E-state index in [4.69, 9.17) is 9.15 Å². The standard InChI is InChI=1S/C24H24N2O5S/c1-15-7-11-18(12-8-15)30-24(27)23-17(3)22-20(5-4-6-21(22)31-23)25-26-32(28,29)19-13-9-16(2)10-14-19/h7-14,26H,4-6H2,1-3H3/b25-20+. The number of hydrogen-bond acceptors (Lipinski definition) is 6. The van der Waals surface area contributed by atoms with Crippen molar-refractivity contribution in [2.45, 2.75) is 44.9 Å². The maximum atomic E-state index is 12.7. The molecule has 0 saturated carbocycles. The summed E-state index contributed by atoms with van der Waals surface area (Å²) >= 11 is 0. The van der Waals surface area contributed by atoms with E-state index in [0.29, 0.717) is 41.2 Å². The van der Waals surface area contributed by atoms with Crippen molar-refractivity contribution < 1.29 is 22.4 Å². The summed E-state index contributed by atoms with van der Waals surface area (Å²) in [5.41, 5.74) is 3.82. The third-order valence-electron chi connectivity index (χ3n) is 5.37. The molecule has 0 fully saturated rings. The number of ether oxygens (including phenoxy) is 1. The quantitative estimate of drug-likeness (QED) is 0.351. The van der Waals surface area contributed by atoms with Crippen molar-refractivity contribution in [1.29, 1.82) is 0 Å². The summed E-state index contributed by atoms with van der Waals surface area (Å²) in [5.74, 6) is 0.541. The third kappa shape index (κ3) is 4.45. The Bertz CT molecular complexity index is 1290. The van der Waals surface area contributed by atoms with Crippen molar-refractivity contribution in [3.8, 4) is 5.75 Å². The molecular formula is C24H24N2O5S. The van der Waals surface area contributed by atoms with Crippen LogP contribution < -0.4 is 9.57 Å². The lowest BCUT2D eigenvalue weighted by atomic mass is 9.93. The van der Waals surface area contributed by atoms with Gasteiger partial charge in [0.25, 0.3) is 10.0 Å². The van der Waals surface area contributed by atoms with Crippen LogP contribution in [0, 0.1) is 20.8 Å². The molecule has 1 N–H and O–H groups in total. The third-order valence-corrected chi connectivity index (χ3v) is 6.60. The Morgan fingerprint density at radius 1 is 0.969 bits per heavy atom. The van der Waals surface area contributed by atoms with Gasteiger partial charge >= 0.3 is 5.97 Å². The van der Waals surface area contributed by atoms with E-state index in [1.54, 1.807) is 31.2 Å². The lowest BCUT2D eigenvalue weighted by molar-refractivity contribution is 0.0698. The molecule has 3 aromatic rings. The van der Waals surface area contributed by atoms with Gasteiger partial charge in [-0.15, -0.1) is 0 Å². The minimum Gasteiger partial charge on any atom is -0.453 e. The number of furan rings is 1. The zero-order chi connectivity index (χ0) is 22.9. The van der Waals surface area contributed by atoms with E-state index < -0.39 is 16.0 Å². The van der Waals surface area contributed by atoms with Gasteiger partial charge in [-0.3, -0.25) is 0 Å². The molecule has 0 atom stereocenters. The molecule has 0 radical (unpaired) electrons. The highest BCUT2D eigenvalue weighted by Gasteiger charge is 2.29. The first kappa shape index (κ1) is 21.8. The van der Waals surface area contributed by atoms with Crippen LogP contribution in [0.2, 0.25) is 0 Å². The Balaban J connectivity index is 1.59. The van der Waals surface area contributed by atoms with Crippen molar-refractivity contribution >= 4 is 21.7 Å². The second-order valence-electron chi connectivity index (χ2n) is 7.88. The molecule has 1 aliphatic rings. The minimum atomic E-state index is -3.81. The van der Waals surface area contributed by atoms with Gasteiger partial charge in [0, 0.05) is 17.5 Å². The predicted octanol–water partition coefficient (Wildman–Crippen LogP) is 4.44. The van der Waals surface area contributed by atoms with Gasteiger partial charge in [0.15, 0.2) is 0 Å². The number of hydrogen-bond donors (Lipinski definition) is 1. The van der Waals surface area contributed by atoms with Gasteiger partial charge in [0.1, 0.15) is 11.5 Å². The number of sulfonamides is 1. The second kappa shape index (κ2) is 8.63. The molecule has 0 spiro atoms. The van der Waals surface area contributed by atoms with Gasteiger partial charge in [-0.1, -0.05) is 35.4 Å². The number of nitrogens with zero attached hydrogens (tertiary/aromatic N) is 1. The molecule has 0 amide bonds. The summed E-state index contributed by atoms with van der Waals surface area (Å²) in [7, 11) is -3.81. The van der Waals surface area contributed by atoms with E-state index >= 15 is 0 Å². The number of carbonyl (C=O) groups excluding carboxylic acids is 1. The van der Waals surface area contributed by atoms with Gasteiger partial charge in [-0.05, 0) is 57.9 Å². The van der Waals surface area contributed by atoms with Gasteiger partial charge in [0.05, 0.1) is 10.6 Å². The van der Waals surface area contributed by atoms with Gasteiger partial charge in [-0.2, -0.15) is 18.4 Å². The zero-order valence-electron chi connectivity index (χ0n) is 18.1. The monoisotopic (exact) mass is 452 g/mol. The molecule has 8 heteroatoms. The largest absolute Gasteiger partial charge is 0.453 e. The van der Waals surface area contributed by atoms with Crippen molar-refractivity contribution in [1.82, 2.24) is 4.83 Å². The SMILES string of the molecule is Cc1ccc(OC(=O)c2oc3c(c2C)/C(=N/NS(=O)(=O)c2ccc(C)cc2)CCC3)cc1. The molecule has 1 aliphatic carbocycles. The molecule has 0 aliphatic heterocycles. The van der Waals surface area contributed by atoms with Crippen LogP contribution in [0.25, 0.3) is 0 Å². The van der Waals surface area contributed by atoms with Crippen molar-refractivity contribution in [2.75, 3.05) is 0 Å². The first-order valence-corrected chi connectivity index (χ1v) is 11.8. The highest BCUT2D eigenvalue weighted by molar-refractivity contribution is 7.89. The Labute approximate surface area is 187 Å². The molecule has 2 aromatic carbocycles. The summed E-state index contributed by atoms with van der Waals surface area (Å²) in [6.45, 7) is 5.59. The molecule has 1 aromatic heterocycles. The Kier molecular flexibility index (Phi) is 5.88. The molecule has 32 heavy (non-hydrogen) atoms. The zero-order valence-corrected chi connectivity index (χ0v) is 19.0. The average Bonchev–Trinajstić information content (AvgIpc) is 3.11. The molecule has 4 rings (SSSR count). The fourth-order valence-electron chi connectivity index (χ4n) is 3.62. The Morgan fingerprint density at radius 2 is 1.59 bits per heavy atom. The topological polar surface area (TPSA) is 98.0 Å². The maximum absolute atomic E-state index is 12.7. The normalized spacial score (nSPS) is 14.8. The molecule has 1 heterocycles. The molecule has 0 bridgehead atoms. The van der Waals surface area contributed by atoms with E-state index in [1.165, 1.54) is 12.1 Å². The highest BCUT2D eigenvalue weighted by Crippen LogP contribution is 2.30. The van der Waals surface area contributed by atoms with Gasteiger partial charge in [0.2, 0.25) is 5.76 Å². The first-order chi connectivity index (χ1) is 15.2. The predicted molar refractivity (Wildman–Crippen MR) is 121 cm³/mol. The number of nitrogens with one attached hydrogen (secondary N) is 1. The fourth-order valence-corrected chi connectivity index (χ4v) is 4.45. The Hall–Kier alpha value is -3.39. The summed E-state index contributed by atoms with van der Waals surface area (Å²) < 4.78 is 36.5. The highest BCUT2D eigenvalue weighted by atomic mass is 32.2. The molecule has 166 valence electrons. The van der Waals surface area contributed by atoms with Gasteiger partial charge < -0.3 is 9.15 Å². The van der Waals surface area contributed by atoms with Crippen LogP contribution in [0.5, 0.6) is 5.75 Å². The lowest BCUT2D eigenvalue weighted by Gasteiger charge is -2.14. The average molecular weight is 453 g/mol. The summed E-state index contributed by atoms with van der Waals surface area (Å²) in [6, 6.07) is 13.7. The van der Waals surface area contributed by atoms with Crippen LogP contribution in [0.15, 0.2) is 62.9 Å².